The van der Waals surface area contributed by atoms with Crippen molar-refractivity contribution in [3.05, 3.63) is 101 Å². The lowest BCUT2D eigenvalue weighted by molar-refractivity contribution is 0.0949. The topological polar surface area (TPSA) is 58.2 Å². The molecule has 0 fully saturated rings. The van der Waals surface area contributed by atoms with Crippen molar-refractivity contribution in [2.75, 3.05) is 11.9 Å². The molecule has 3 aromatic carbocycles. The molecule has 1 atom stereocenters. The minimum Gasteiger partial charge on any atom is -0.351 e. The zero-order valence-corrected chi connectivity index (χ0v) is 16.8. The highest BCUT2D eigenvalue weighted by Gasteiger charge is 2.14. The van der Waals surface area contributed by atoms with Crippen molar-refractivity contribution in [1.29, 1.82) is 0 Å². The van der Waals surface area contributed by atoms with Crippen molar-refractivity contribution in [2.24, 2.45) is 0 Å². The average molecular weight is 386 g/mol. The number of carbonyl (C=O) groups excluding carboxylic acids is 2. The molecule has 4 nitrogen and oxygen atoms in total. The lowest BCUT2D eigenvalue weighted by atomic mass is 9.96. The van der Waals surface area contributed by atoms with Crippen LogP contribution in [0.1, 0.15) is 51.1 Å². The number of carbonyl (C=O) groups is 2. The lowest BCUT2D eigenvalue weighted by Crippen LogP contribution is -2.28. The van der Waals surface area contributed by atoms with Gasteiger partial charge in [-0.15, -0.1) is 0 Å². The molecule has 148 valence electrons. The molecule has 0 aliphatic heterocycles. The highest BCUT2D eigenvalue weighted by atomic mass is 16.2. The molecule has 3 rings (SSSR count). The number of hydrogen-bond donors (Lipinski definition) is 2. The highest BCUT2D eigenvalue weighted by molar-refractivity contribution is 6.05. The van der Waals surface area contributed by atoms with Gasteiger partial charge in [0.2, 0.25) is 0 Å². The van der Waals surface area contributed by atoms with Gasteiger partial charge < -0.3 is 10.6 Å². The Morgan fingerprint density at radius 2 is 1.48 bits per heavy atom. The number of nitrogens with one attached hydrogen (secondary N) is 2. The van der Waals surface area contributed by atoms with E-state index in [0.717, 1.165) is 12.0 Å². The number of amides is 2. The first-order chi connectivity index (χ1) is 14.1. The van der Waals surface area contributed by atoms with Gasteiger partial charge in [0.05, 0.1) is 0 Å². The van der Waals surface area contributed by atoms with Crippen molar-refractivity contribution in [1.82, 2.24) is 5.32 Å². The van der Waals surface area contributed by atoms with Crippen LogP contribution in [0.15, 0.2) is 78.9 Å². The SMILES string of the molecule is CCC(CNC(=O)c1ccc(C)c(NC(=O)c2ccccc2)c1)c1ccccc1. The molecule has 1 unspecified atom stereocenters. The molecule has 2 amide bonds. The van der Waals surface area contributed by atoms with Crippen LogP contribution in [0, 0.1) is 6.92 Å². The Bertz CT molecular complexity index is 969. The molecule has 0 radical (unpaired) electrons. The Morgan fingerprint density at radius 1 is 0.828 bits per heavy atom. The lowest BCUT2D eigenvalue weighted by Gasteiger charge is -2.17. The van der Waals surface area contributed by atoms with E-state index in [-0.39, 0.29) is 17.7 Å². The van der Waals surface area contributed by atoms with Crippen molar-refractivity contribution >= 4 is 17.5 Å². The predicted molar refractivity (Wildman–Crippen MR) is 117 cm³/mol. The third kappa shape index (κ3) is 5.32. The molecule has 2 N–H and O–H groups in total. The Labute approximate surface area is 172 Å². The summed E-state index contributed by atoms with van der Waals surface area (Å²) < 4.78 is 0. The summed E-state index contributed by atoms with van der Waals surface area (Å²) in [5.41, 5.74) is 3.87. The number of benzene rings is 3. The third-order valence-corrected chi connectivity index (χ3v) is 5.06. The van der Waals surface area contributed by atoms with E-state index in [1.165, 1.54) is 5.56 Å². The Kier molecular flexibility index (Phi) is 6.80. The number of rotatable bonds is 7. The summed E-state index contributed by atoms with van der Waals surface area (Å²) in [5, 5.41) is 5.93. The van der Waals surface area contributed by atoms with E-state index < -0.39 is 0 Å². The average Bonchev–Trinajstić information content (AvgIpc) is 2.77. The third-order valence-electron chi connectivity index (χ3n) is 5.06. The van der Waals surface area contributed by atoms with Gasteiger partial charge in [-0.25, -0.2) is 0 Å². The van der Waals surface area contributed by atoms with Gasteiger partial charge in [-0.05, 0) is 48.7 Å². The second kappa shape index (κ2) is 9.69. The van der Waals surface area contributed by atoms with E-state index in [2.05, 4.69) is 29.7 Å². The molecule has 0 saturated carbocycles. The van der Waals surface area contributed by atoms with Gasteiger partial charge in [0.1, 0.15) is 0 Å². The van der Waals surface area contributed by atoms with Crippen LogP contribution in [0.2, 0.25) is 0 Å². The molecular formula is C25H26N2O2. The van der Waals surface area contributed by atoms with Crippen LogP contribution in [0.4, 0.5) is 5.69 Å². The summed E-state index contributed by atoms with van der Waals surface area (Å²) in [5.74, 6) is -0.0705. The van der Waals surface area contributed by atoms with Crippen molar-refractivity contribution < 1.29 is 9.59 Å². The molecule has 4 heteroatoms. The van der Waals surface area contributed by atoms with Gasteiger partial charge >= 0.3 is 0 Å². The molecule has 0 bridgehead atoms. The van der Waals surface area contributed by atoms with Crippen LogP contribution in [0.5, 0.6) is 0 Å². The predicted octanol–water partition coefficient (Wildman–Crippen LogP) is 5.17. The van der Waals surface area contributed by atoms with Gasteiger partial charge in [-0.2, -0.15) is 0 Å². The fraction of sp³-hybridized carbons (Fsp3) is 0.200. The van der Waals surface area contributed by atoms with Gasteiger partial charge in [-0.1, -0.05) is 61.5 Å². The molecule has 0 heterocycles. The van der Waals surface area contributed by atoms with Gasteiger partial charge in [0, 0.05) is 29.3 Å². The second-order valence-electron chi connectivity index (χ2n) is 7.08. The van der Waals surface area contributed by atoms with E-state index in [0.29, 0.717) is 23.4 Å². The van der Waals surface area contributed by atoms with Crippen molar-refractivity contribution in [2.45, 2.75) is 26.2 Å². The van der Waals surface area contributed by atoms with Crippen LogP contribution in [0.3, 0.4) is 0 Å². The van der Waals surface area contributed by atoms with Crippen LogP contribution in [-0.4, -0.2) is 18.4 Å². The van der Waals surface area contributed by atoms with E-state index in [4.69, 9.17) is 0 Å². The van der Waals surface area contributed by atoms with E-state index in [9.17, 15) is 9.59 Å². The summed E-state index contributed by atoms with van der Waals surface area (Å²) in [6.07, 6.45) is 0.941. The molecule has 0 spiro atoms. The molecule has 29 heavy (non-hydrogen) atoms. The summed E-state index contributed by atoms with van der Waals surface area (Å²) in [6.45, 7) is 4.59. The fourth-order valence-corrected chi connectivity index (χ4v) is 3.22. The first-order valence-corrected chi connectivity index (χ1v) is 9.88. The standard InChI is InChI=1S/C25H26N2O2/c1-3-19(20-10-6-4-7-11-20)17-26-24(28)22-15-14-18(2)23(16-22)27-25(29)21-12-8-5-9-13-21/h4-16,19H,3,17H2,1-2H3,(H,26,28)(H,27,29). The van der Waals surface area contributed by atoms with E-state index >= 15 is 0 Å². The van der Waals surface area contributed by atoms with Crippen LogP contribution >= 0.6 is 0 Å². The van der Waals surface area contributed by atoms with Gasteiger partial charge in [0.15, 0.2) is 0 Å². The van der Waals surface area contributed by atoms with Gasteiger partial charge in [0.25, 0.3) is 11.8 Å². The normalized spacial score (nSPS) is 11.5. The Morgan fingerprint density at radius 3 is 2.14 bits per heavy atom. The minimum absolute atomic E-state index is 0.144. The monoisotopic (exact) mass is 386 g/mol. The molecule has 0 aliphatic carbocycles. The maximum atomic E-state index is 12.7. The Balaban J connectivity index is 1.68. The minimum atomic E-state index is -0.193. The van der Waals surface area contributed by atoms with Crippen molar-refractivity contribution in [3.63, 3.8) is 0 Å². The number of aryl methyl sites for hydroxylation is 1. The van der Waals surface area contributed by atoms with Crippen LogP contribution in [-0.2, 0) is 0 Å². The largest absolute Gasteiger partial charge is 0.351 e. The smallest absolute Gasteiger partial charge is 0.255 e. The second-order valence-corrected chi connectivity index (χ2v) is 7.08. The first kappa shape index (κ1) is 20.3. The molecule has 0 aliphatic rings. The van der Waals surface area contributed by atoms with E-state index in [1.54, 1.807) is 24.3 Å². The molecule has 0 saturated heterocycles. The van der Waals surface area contributed by atoms with Crippen LogP contribution < -0.4 is 10.6 Å². The van der Waals surface area contributed by atoms with Gasteiger partial charge in [-0.3, -0.25) is 9.59 Å². The molecule has 3 aromatic rings. The summed E-state index contributed by atoms with van der Waals surface area (Å²) >= 11 is 0. The zero-order valence-electron chi connectivity index (χ0n) is 16.8. The maximum absolute atomic E-state index is 12.7. The number of hydrogen-bond acceptors (Lipinski definition) is 2. The number of anilines is 1. The quantitative estimate of drug-likeness (QED) is 0.588. The highest BCUT2D eigenvalue weighted by Crippen LogP contribution is 2.20. The summed E-state index contributed by atoms with van der Waals surface area (Å²) in [4.78, 5) is 25.1. The first-order valence-electron chi connectivity index (χ1n) is 9.88. The zero-order chi connectivity index (χ0) is 20.6. The summed E-state index contributed by atoms with van der Waals surface area (Å²) in [6, 6.07) is 24.6. The van der Waals surface area contributed by atoms with E-state index in [1.807, 2.05) is 49.4 Å². The maximum Gasteiger partial charge on any atom is 0.255 e. The molecule has 0 aromatic heterocycles. The summed E-state index contributed by atoms with van der Waals surface area (Å²) in [7, 11) is 0. The fourth-order valence-electron chi connectivity index (χ4n) is 3.22. The van der Waals surface area contributed by atoms with Crippen molar-refractivity contribution in [3.8, 4) is 0 Å². The van der Waals surface area contributed by atoms with Crippen LogP contribution in [0.25, 0.3) is 0 Å². The Hall–Kier alpha value is -3.40. The molecular weight excluding hydrogens is 360 g/mol.